The van der Waals surface area contributed by atoms with Crippen LogP contribution < -0.4 is 9.61 Å². The molecule has 2 aromatic carbocycles. The van der Waals surface area contributed by atoms with Crippen molar-refractivity contribution in [3.8, 4) is 11.8 Å². The molecule has 1 heterocycles. The van der Waals surface area contributed by atoms with E-state index in [9.17, 15) is 18.0 Å². The van der Waals surface area contributed by atoms with Crippen LogP contribution in [0, 0.1) is 11.3 Å². The first kappa shape index (κ1) is 20.8. The number of nitrogens with zero attached hydrogens (tertiary/aromatic N) is 3. The van der Waals surface area contributed by atoms with Gasteiger partial charge in [-0.3, -0.25) is 19.9 Å². The van der Waals surface area contributed by atoms with E-state index in [-0.39, 0.29) is 27.5 Å². The van der Waals surface area contributed by atoms with Crippen molar-refractivity contribution in [3.05, 3.63) is 65.7 Å². The van der Waals surface area contributed by atoms with E-state index in [1.54, 1.807) is 36.4 Å². The summed E-state index contributed by atoms with van der Waals surface area (Å²) in [6.07, 6.45) is 0. The minimum atomic E-state index is -4.01. The van der Waals surface area contributed by atoms with Gasteiger partial charge in [0.2, 0.25) is 0 Å². The largest absolute Gasteiger partial charge is 0.379 e. The second kappa shape index (κ2) is 8.18. The summed E-state index contributed by atoms with van der Waals surface area (Å²) in [5.74, 6) is -1.32. The molecule has 9 nitrogen and oxygen atoms in total. The zero-order chi connectivity index (χ0) is 21.9. The van der Waals surface area contributed by atoms with Gasteiger partial charge in [0.15, 0.2) is 5.71 Å². The van der Waals surface area contributed by atoms with E-state index in [0.717, 1.165) is 4.90 Å². The Bertz CT molecular complexity index is 1230. The molecule has 152 valence electrons. The fourth-order valence-corrected chi connectivity index (χ4v) is 3.56. The molecule has 1 aliphatic rings. The van der Waals surface area contributed by atoms with Crippen molar-refractivity contribution < 1.29 is 22.2 Å². The predicted octanol–water partition coefficient (Wildman–Crippen LogP) is 2.06. The molecular weight excluding hydrogens is 408 g/mol. The lowest BCUT2D eigenvalue weighted by Gasteiger charge is -2.22. The number of hydrogen-bond donors (Lipinski definition) is 1. The van der Waals surface area contributed by atoms with Crippen molar-refractivity contribution in [2.45, 2.75) is 11.8 Å². The number of anilines is 1. The van der Waals surface area contributed by atoms with Crippen LogP contribution in [-0.2, 0) is 19.7 Å². The highest BCUT2D eigenvalue weighted by atomic mass is 32.2. The van der Waals surface area contributed by atoms with Crippen LogP contribution in [0.4, 0.5) is 5.69 Å². The molecule has 0 atom stereocenters. The number of likely N-dealkylation sites (N-methyl/N-ethyl adjacent to an activating group) is 1. The number of imide groups is 1. The fraction of sp³-hybridized carbons (Fsp3) is 0.100. The lowest BCUT2D eigenvalue weighted by Crippen LogP contribution is -2.44. The number of nitriles is 1. The molecule has 0 aromatic heterocycles. The Kier molecular flexibility index (Phi) is 5.66. The summed E-state index contributed by atoms with van der Waals surface area (Å²) in [5, 5.41) is 13.2. The summed E-state index contributed by atoms with van der Waals surface area (Å²) >= 11 is 0. The quantitative estimate of drug-likeness (QED) is 0.442. The Morgan fingerprint density at radius 1 is 1.07 bits per heavy atom. The molecule has 1 aliphatic heterocycles. The predicted molar refractivity (Wildman–Crippen MR) is 108 cm³/mol. The molecule has 0 unspecified atom stereocenters. The zero-order valence-electron chi connectivity index (χ0n) is 16.0. The Balaban J connectivity index is 1.86. The minimum Gasteiger partial charge on any atom is -0.379 e. The molecule has 0 saturated carbocycles. The first-order chi connectivity index (χ1) is 14.2. The number of benzene rings is 2. The van der Waals surface area contributed by atoms with Crippen LogP contribution in [-0.4, -0.2) is 37.9 Å². The molecule has 0 spiro atoms. The highest BCUT2D eigenvalue weighted by Gasteiger charge is 2.34. The van der Waals surface area contributed by atoms with Crippen molar-refractivity contribution in [2.24, 2.45) is 5.10 Å². The second-order valence-electron chi connectivity index (χ2n) is 6.23. The van der Waals surface area contributed by atoms with Gasteiger partial charge in [0.05, 0.1) is 5.69 Å². The van der Waals surface area contributed by atoms with Gasteiger partial charge in [0, 0.05) is 18.7 Å². The van der Waals surface area contributed by atoms with Crippen LogP contribution in [0.25, 0.3) is 0 Å². The van der Waals surface area contributed by atoms with Gasteiger partial charge in [-0.1, -0.05) is 24.3 Å². The van der Waals surface area contributed by atoms with Gasteiger partial charge in [-0.2, -0.15) is 18.8 Å². The van der Waals surface area contributed by atoms with Crippen LogP contribution in [0.15, 0.2) is 75.7 Å². The average molecular weight is 424 g/mol. The van der Waals surface area contributed by atoms with E-state index >= 15 is 0 Å². The van der Waals surface area contributed by atoms with Crippen molar-refractivity contribution in [3.63, 3.8) is 0 Å². The molecule has 0 bridgehead atoms. The number of hydrogen-bond acceptors (Lipinski definition) is 8. The van der Waals surface area contributed by atoms with Crippen molar-refractivity contribution >= 4 is 33.3 Å². The van der Waals surface area contributed by atoms with Crippen LogP contribution in [0.3, 0.4) is 0 Å². The van der Waals surface area contributed by atoms with Gasteiger partial charge in [-0.15, -0.1) is 0 Å². The van der Waals surface area contributed by atoms with Crippen LogP contribution in [0.1, 0.15) is 6.92 Å². The fourth-order valence-electron chi connectivity index (χ4n) is 2.62. The van der Waals surface area contributed by atoms with Crippen molar-refractivity contribution in [1.29, 1.82) is 5.26 Å². The van der Waals surface area contributed by atoms with E-state index in [4.69, 9.17) is 9.44 Å². The average Bonchev–Trinajstić information content (AvgIpc) is 2.73. The number of hydrazone groups is 1. The minimum absolute atomic E-state index is 0.00825. The van der Waals surface area contributed by atoms with E-state index in [1.807, 2.05) is 0 Å². The molecular formula is C20H16N4O5S. The van der Waals surface area contributed by atoms with Gasteiger partial charge < -0.3 is 4.18 Å². The maximum Gasteiger partial charge on any atom is 0.339 e. The first-order valence-corrected chi connectivity index (χ1v) is 10.0. The number of carbonyl (C=O) groups excluding carboxylic acids is 2. The third-order valence-electron chi connectivity index (χ3n) is 4.24. The number of nitrogens with one attached hydrogen (secondary N) is 1. The second-order valence-corrected chi connectivity index (χ2v) is 7.78. The Hall–Kier alpha value is -3.97. The van der Waals surface area contributed by atoms with Crippen LogP contribution in [0.5, 0.6) is 5.75 Å². The van der Waals surface area contributed by atoms with Crippen LogP contribution in [0.2, 0.25) is 0 Å². The number of amides is 2. The maximum atomic E-state index is 12.4. The summed E-state index contributed by atoms with van der Waals surface area (Å²) in [6, 6.07) is 15.4. The maximum absolute atomic E-state index is 12.4. The summed E-state index contributed by atoms with van der Waals surface area (Å²) in [4.78, 5) is 25.1. The van der Waals surface area contributed by atoms with Gasteiger partial charge >= 0.3 is 10.1 Å². The van der Waals surface area contributed by atoms with Gasteiger partial charge in [0.25, 0.3) is 11.8 Å². The van der Waals surface area contributed by atoms with Crippen molar-refractivity contribution in [2.75, 3.05) is 12.5 Å². The molecule has 0 aliphatic carbocycles. The standard InChI is InChI=1S/C20H16N4O5S/c1-13-17(12-21)19(25)24(2)20(26)18(13)23-22-14-7-6-8-15(11-14)29-30(27,28)16-9-4-3-5-10-16/h3-11,22H,1-2H3/b23-18+. The summed E-state index contributed by atoms with van der Waals surface area (Å²) < 4.78 is 29.8. The molecule has 3 rings (SSSR count). The molecule has 2 aromatic rings. The molecule has 30 heavy (non-hydrogen) atoms. The Labute approximate surface area is 173 Å². The smallest absolute Gasteiger partial charge is 0.339 e. The summed E-state index contributed by atoms with van der Waals surface area (Å²) in [5.41, 5.74) is 2.84. The molecule has 2 amide bonds. The SMILES string of the molecule is CC1=C(C#N)C(=O)N(C)C(=O)/C1=N/Nc1cccc(OS(=O)(=O)c2ccccc2)c1. The summed E-state index contributed by atoms with van der Waals surface area (Å²) in [6.45, 7) is 1.45. The molecule has 0 saturated heterocycles. The molecule has 1 N–H and O–H groups in total. The zero-order valence-corrected chi connectivity index (χ0v) is 16.8. The molecule has 0 fully saturated rings. The van der Waals surface area contributed by atoms with Gasteiger partial charge in [-0.05, 0) is 31.2 Å². The topological polar surface area (TPSA) is 129 Å². The summed E-state index contributed by atoms with van der Waals surface area (Å²) in [7, 11) is -2.76. The Morgan fingerprint density at radius 3 is 2.43 bits per heavy atom. The Morgan fingerprint density at radius 2 is 1.77 bits per heavy atom. The normalized spacial score (nSPS) is 15.9. The third-order valence-corrected chi connectivity index (χ3v) is 5.50. The van der Waals surface area contributed by atoms with Crippen LogP contribution >= 0.6 is 0 Å². The monoisotopic (exact) mass is 424 g/mol. The number of carbonyl (C=O) groups is 2. The van der Waals surface area contributed by atoms with E-state index in [1.165, 1.54) is 38.2 Å². The van der Waals surface area contributed by atoms with Crippen molar-refractivity contribution in [1.82, 2.24) is 4.90 Å². The third kappa shape index (κ3) is 4.06. The molecule has 0 radical (unpaired) electrons. The lowest BCUT2D eigenvalue weighted by molar-refractivity contribution is -0.136. The lowest BCUT2D eigenvalue weighted by atomic mass is 10.00. The highest BCUT2D eigenvalue weighted by Crippen LogP contribution is 2.23. The van der Waals surface area contributed by atoms with Gasteiger partial charge in [0.1, 0.15) is 22.3 Å². The number of rotatable bonds is 5. The highest BCUT2D eigenvalue weighted by molar-refractivity contribution is 7.87. The van der Waals surface area contributed by atoms with E-state index in [2.05, 4.69) is 10.5 Å². The van der Waals surface area contributed by atoms with E-state index < -0.39 is 21.9 Å². The first-order valence-electron chi connectivity index (χ1n) is 8.61. The van der Waals surface area contributed by atoms with E-state index in [0.29, 0.717) is 5.69 Å². The molecule has 10 heteroatoms. The van der Waals surface area contributed by atoms with Gasteiger partial charge in [-0.25, -0.2) is 0 Å².